The van der Waals surface area contributed by atoms with Crippen LogP contribution in [0.4, 0.5) is 0 Å². The van der Waals surface area contributed by atoms with Gasteiger partial charge in [0.15, 0.2) is 0 Å². The minimum atomic E-state index is -0.731. The molecule has 0 aliphatic carbocycles. The molecule has 2 rings (SSSR count). The van der Waals surface area contributed by atoms with Crippen LogP contribution in [0.1, 0.15) is 46.5 Å². The Hall–Kier alpha value is -2.73. The molecule has 0 bridgehead atoms. The summed E-state index contributed by atoms with van der Waals surface area (Å²) >= 11 is 0. The quantitative estimate of drug-likeness (QED) is 0.631. The molecule has 2 aromatic rings. The molecule has 6 heteroatoms. The number of aliphatic hydroxyl groups is 1. The number of carbonyl (C=O) groups excluding carboxylic acids is 2. The average Bonchev–Trinajstić information content (AvgIpc) is 2.63. The van der Waals surface area contributed by atoms with Crippen LogP contribution in [-0.4, -0.2) is 40.6 Å². The summed E-state index contributed by atoms with van der Waals surface area (Å²) in [5, 5.41) is 15.3. The van der Waals surface area contributed by atoms with Crippen molar-refractivity contribution in [1.29, 1.82) is 0 Å². The maximum atomic E-state index is 12.2. The van der Waals surface area contributed by atoms with E-state index in [1.807, 2.05) is 18.2 Å². The van der Waals surface area contributed by atoms with Gasteiger partial charge in [-0.3, -0.25) is 14.6 Å². The number of amides is 2. The van der Waals surface area contributed by atoms with Gasteiger partial charge in [0.25, 0.3) is 11.8 Å². The van der Waals surface area contributed by atoms with E-state index in [1.165, 1.54) is 6.20 Å². The summed E-state index contributed by atoms with van der Waals surface area (Å²) in [5.74, 6) is -0.410. The Morgan fingerprint density at radius 3 is 2.31 bits per heavy atom. The molecule has 0 aliphatic rings. The number of aryl methyl sites for hydroxylation is 1. The van der Waals surface area contributed by atoms with Crippen LogP contribution in [0, 0.1) is 0 Å². The van der Waals surface area contributed by atoms with Crippen LogP contribution in [0.3, 0.4) is 0 Å². The van der Waals surface area contributed by atoms with Crippen LogP contribution in [0.25, 0.3) is 0 Å². The molecule has 138 valence electrons. The Bertz CT molecular complexity index is 739. The van der Waals surface area contributed by atoms with Gasteiger partial charge >= 0.3 is 0 Å². The zero-order valence-electron chi connectivity index (χ0n) is 15.2. The first-order valence-electron chi connectivity index (χ1n) is 8.63. The largest absolute Gasteiger partial charge is 0.390 e. The lowest BCUT2D eigenvalue weighted by Gasteiger charge is -2.16. The van der Waals surface area contributed by atoms with Gasteiger partial charge in [-0.15, -0.1) is 0 Å². The summed E-state index contributed by atoms with van der Waals surface area (Å²) in [6.45, 7) is 4.20. The number of rotatable bonds is 8. The molecule has 0 radical (unpaired) electrons. The topological polar surface area (TPSA) is 91.3 Å². The van der Waals surface area contributed by atoms with Gasteiger partial charge in [-0.25, -0.2) is 0 Å². The van der Waals surface area contributed by atoms with Crippen molar-refractivity contribution in [3.8, 4) is 0 Å². The van der Waals surface area contributed by atoms with Crippen LogP contribution in [0.15, 0.2) is 48.8 Å². The van der Waals surface area contributed by atoms with Crippen LogP contribution in [0.2, 0.25) is 0 Å². The van der Waals surface area contributed by atoms with Gasteiger partial charge in [-0.1, -0.05) is 12.1 Å². The number of hydrogen-bond donors (Lipinski definition) is 3. The lowest BCUT2D eigenvalue weighted by molar-refractivity contribution is 0.0714. The first-order chi connectivity index (χ1) is 12.3. The third-order valence-corrected chi connectivity index (χ3v) is 3.83. The van der Waals surface area contributed by atoms with Gasteiger partial charge in [0, 0.05) is 31.0 Å². The van der Waals surface area contributed by atoms with Gasteiger partial charge in [-0.05, 0) is 56.5 Å². The molecule has 1 aromatic carbocycles. The zero-order valence-corrected chi connectivity index (χ0v) is 15.2. The minimum Gasteiger partial charge on any atom is -0.390 e. The fraction of sp³-hybridized carbons (Fsp3) is 0.350. The molecule has 2 amide bonds. The Morgan fingerprint density at radius 2 is 1.69 bits per heavy atom. The number of nitrogens with one attached hydrogen (secondary N) is 2. The molecule has 26 heavy (non-hydrogen) atoms. The molecule has 1 heterocycles. The predicted octanol–water partition coefficient (Wildman–Crippen LogP) is 1.94. The Kier molecular flexibility index (Phi) is 6.86. The highest BCUT2D eigenvalue weighted by atomic mass is 16.3. The van der Waals surface area contributed by atoms with E-state index in [9.17, 15) is 14.7 Å². The molecule has 1 aromatic heterocycles. The van der Waals surface area contributed by atoms with Crippen molar-refractivity contribution in [1.82, 2.24) is 15.6 Å². The first kappa shape index (κ1) is 19.6. The Labute approximate surface area is 153 Å². The fourth-order valence-corrected chi connectivity index (χ4v) is 2.37. The van der Waals surface area contributed by atoms with Gasteiger partial charge in [0.05, 0.1) is 11.2 Å². The average molecular weight is 355 g/mol. The standard InChI is InChI=1S/C20H25N3O3/c1-20(2,26)9-8-15-5-3-6-16(13-15)18(24)22-11-12-23-19(25)17-7-4-10-21-14-17/h3-7,10,13-14,26H,8-9,11-12H2,1-2H3,(H,22,24)(H,23,25). The maximum absolute atomic E-state index is 12.2. The number of benzene rings is 1. The van der Waals surface area contributed by atoms with Gasteiger partial charge in [0.1, 0.15) is 0 Å². The second kappa shape index (κ2) is 9.10. The number of carbonyl (C=O) groups is 2. The highest BCUT2D eigenvalue weighted by Crippen LogP contribution is 2.14. The van der Waals surface area contributed by atoms with Crippen molar-refractivity contribution in [3.05, 3.63) is 65.5 Å². The van der Waals surface area contributed by atoms with Crippen LogP contribution < -0.4 is 10.6 Å². The second-order valence-electron chi connectivity index (χ2n) is 6.77. The van der Waals surface area contributed by atoms with Crippen molar-refractivity contribution in [2.24, 2.45) is 0 Å². The summed E-state index contributed by atoms with van der Waals surface area (Å²) < 4.78 is 0. The number of pyridine rings is 1. The van der Waals surface area contributed by atoms with Crippen molar-refractivity contribution in [2.45, 2.75) is 32.3 Å². The van der Waals surface area contributed by atoms with E-state index >= 15 is 0 Å². The number of hydrogen-bond acceptors (Lipinski definition) is 4. The normalized spacial score (nSPS) is 11.0. The van der Waals surface area contributed by atoms with E-state index in [0.717, 1.165) is 5.56 Å². The van der Waals surface area contributed by atoms with Gasteiger partial charge in [-0.2, -0.15) is 0 Å². The molecule has 6 nitrogen and oxygen atoms in total. The van der Waals surface area contributed by atoms with Gasteiger partial charge < -0.3 is 15.7 Å². The van der Waals surface area contributed by atoms with Crippen molar-refractivity contribution in [3.63, 3.8) is 0 Å². The molecular weight excluding hydrogens is 330 g/mol. The maximum Gasteiger partial charge on any atom is 0.252 e. The molecule has 0 saturated carbocycles. The Balaban J connectivity index is 1.78. The van der Waals surface area contributed by atoms with E-state index in [1.54, 1.807) is 38.2 Å². The van der Waals surface area contributed by atoms with E-state index in [4.69, 9.17) is 0 Å². The SMILES string of the molecule is CC(C)(O)CCc1cccc(C(=O)NCCNC(=O)c2cccnc2)c1. The molecule has 3 N–H and O–H groups in total. The van der Waals surface area contributed by atoms with Crippen LogP contribution >= 0.6 is 0 Å². The molecule has 0 unspecified atom stereocenters. The third kappa shape index (κ3) is 6.64. The molecule has 0 spiro atoms. The Morgan fingerprint density at radius 1 is 1.04 bits per heavy atom. The van der Waals surface area contributed by atoms with E-state index < -0.39 is 5.60 Å². The third-order valence-electron chi connectivity index (χ3n) is 3.83. The monoisotopic (exact) mass is 355 g/mol. The van der Waals surface area contributed by atoms with Crippen molar-refractivity contribution < 1.29 is 14.7 Å². The van der Waals surface area contributed by atoms with Crippen molar-refractivity contribution in [2.75, 3.05) is 13.1 Å². The number of aromatic nitrogens is 1. The molecule has 0 atom stereocenters. The summed E-state index contributed by atoms with van der Waals surface area (Å²) in [6.07, 6.45) is 4.42. The minimum absolute atomic E-state index is 0.189. The summed E-state index contributed by atoms with van der Waals surface area (Å²) in [6, 6.07) is 10.7. The van der Waals surface area contributed by atoms with E-state index in [0.29, 0.717) is 37.1 Å². The van der Waals surface area contributed by atoms with E-state index in [2.05, 4.69) is 15.6 Å². The van der Waals surface area contributed by atoms with Crippen LogP contribution in [-0.2, 0) is 6.42 Å². The molecule has 0 aliphatic heterocycles. The molecular formula is C20H25N3O3. The summed E-state index contributed by atoms with van der Waals surface area (Å²) in [5.41, 5.74) is 1.32. The second-order valence-corrected chi connectivity index (χ2v) is 6.77. The van der Waals surface area contributed by atoms with Gasteiger partial charge in [0.2, 0.25) is 0 Å². The smallest absolute Gasteiger partial charge is 0.252 e. The molecule has 0 fully saturated rings. The number of nitrogens with zero attached hydrogens (tertiary/aromatic N) is 1. The van der Waals surface area contributed by atoms with Crippen molar-refractivity contribution >= 4 is 11.8 Å². The fourth-order valence-electron chi connectivity index (χ4n) is 2.37. The highest BCUT2D eigenvalue weighted by molar-refractivity contribution is 5.95. The first-order valence-corrected chi connectivity index (χ1v) is 8.63. The molecule has 0 saturated heterocycles. The van der Waals surface area contributed by atoms with Crippen LogP contribution in [0.5, 0.6) is 0 Å². The zero-order chi connectivity index (χ0) is 19.0. The lowest BCUT2D eigenvalue weighted by atomic mass is 9.98. The lowest BCUT2D eigenvalue weighted by Crippen LogP contribution is -2.34. The summed E-state index contributed by atoms with van der Waals surface area (Å²) in [4.78, 5) is 28.0. The highest BCUT2D eigenvalue weighted by Gasteiger charge is 2.13. The predicted molar refractivity (Wildman–Crippen MR) is 100.0 cm³/mol. The summed E-state index contributed by atoms with van der Waals surface area (Å²) in [7, 11) is 0. The van der Waals surface area contributed by atoms with E-state index in [-0.39, 0.29) is 11.8 Å².